The highest BCUT2D eigenvalue weighted by atomic mass is 19.4. The van der Waals surface area contributed by atoms with E-state index in [9.17, 15) is 18.0 Å². The molecule has 2 aromatic heterocycles. The van der Waals surface area contributed by atoms with Crippen molar-refractivity contribution < 1.29 is 18.0 Å². The van der Waals surface area contributed by atoms with E-state index in [0.29, 0.717) is 40.9 Å². The lowest BCUT2D eigenvalue weighted by molar-refractivity contribution is -0.137. The van der Waals surface area contributed by atoms with Crippen molar-refractivity contribution in [2.24, 2.45) is 0 Å². The van der Waals surface area contributed by atoms with Gasteiger partial charge in [0.05, 0.1) is 17.5 Å². The van der Waals surface area contributed by atoms with Crippen molar-refractivity contribution in [3.63, 3.8) is 0 Å². The van der Waals surface area contributed by atoms with Gasteiger partial charge in [-0.3, -0.25) is 9.78 Å². The minimum atomic E-state index is -4.39. The molecule has 1 amide bonds. The number of nitrogens with one attached hydrogen (secondary N) is 2. The number of anilines is 1. The molecule has 0 aliphatic carbocycles. The first kappa shape index (κ1) is 18.1. The Bertz CT molecular complexity index is 1050. The number of alkyl halides is 3. The van der Waals surface area contributed by atoms with Crippen LogP contribution in [0.5, 0.6) is 0 Å². The van der Waals surface area contributed by atoms with Crippen LogP contribution in [0.4, 0.5) is 19.0 Å². The summed E-state index contributed by atoms with van der Waals surface area (Å²) >= 11 is 0. The lowest BCUT2D eigenvalue weighted by atomic mass is 10.0. The van der Waals surface area contributed by atoms with Gasteiger partial charge in [-0.1, -0.05) is 12.1 Å². The second-order valence-electron chi connectivity index (χ2n) is 6.99. The van der Waals surface area contributed by atoms with E-state index in [2.05, 4.69) is 25.6 Å². The smallest absolute Gasteiger partial charge is 0.361 e. The Hall–Kier alpha value is -3.23. The first-order valence-electron chi connectivity index (χ1n) is 8.57. The molecule has 1 saturated heterocycles. The van der Waals surface area contributed by atoms with E-state index < -0.39 is 17.3 Å². The first-order chi connectivity index (χ1) is 13.3. The van der Waals surface area contributed by atoms with E-state index in [0.717, 1.165) is 12.1 Å². The SMILES string of the molecule is CC1(Nc2ncc(-c3ccc(C(F)(F)F)cc3)c3nccnc23)CNC(=O)C1. The molecule has 3 aromatic rings. The summed E-state index contributed by atoms with van der Waals surface area (Å²) in [6, 6.07) is 4.84. The van der Waals surface area contributed by atoms with Crippen LogP contribution >= 0.6 is 0 Å². The van der Waals surface area contributed by atoms with Crippen LogP contribution in [0.25, 0.3) is 22.2 Å². The van der Waals surface area contributed by atoms with Crippen LogP contribution in [-0.4, -0.2) is 32.9 Å². The third-order valence-corrected chi connectivity index (χ3v) is 4.67. The number of carbonyl (C=O) groups is 1. The third-order valence-electron chi connectivity index (χ3n) is 4.67. The summed E-state index contributed by atoms with van der Waals surface area (Å²) in [6.45, 7) is 2.36. The topological polar surface area (TPSA) is 79.8 Å². The number of benzene rings is 1. The fourth-order valence-electron chi connectivity index (χ4n) is 3.25. The predicted molar refractivity (Wildman–Crippen MR) is 97.4 cm³/mol. The zero-order chi connectivity index (χ0) is 19.9. The summed E-state index contributed by atoms with van der Waals surface area (Å²) in [4.78, 5) is 24.7. The minimum Gasteiger partial charge on any atom is -0.361 e. The molecule has 6 nitrogen and oxygen atoms in total. The van der Waals surface area contributed by atoms with Crippen molar-refractivity contribution in [3.05, 3.63) is 48.4 Å². The Balaban J connectivity index is 1.75. The van der Waals surface area contributed by atoms with Gasteiger partial charge in [0.25, 0.3) is 0 Å². The fourth-order valence-corrected chi connectivity index (χ4v) is 3.25. The van der Waals surface area contributed by atoms with Crippen LogP contribution < -0.4 is 10.6 Å². The number of carbonyl (C=O) groups excluding carboxylic acids is 1. The van der Waals surface area contributed by atoms with Gasteiger partial charge in [0, 0.05) is 30.7 Å². The molecular formula is C19H16F3N5O. The molecule has 0 radical (unpaired) electrons. The Morgan fingerprint density at radius 2 is 1.75 bits per heavy atom. The summed E-state index contributed by atoms with van der Waals surface area (Å²) in [5, 5.41) is 6.03. The Kier molecular flexibility index (Phi) is 4.17. The predicted octanol–water partition coefficient (Wildman–Crippen LogP) is 3.40. The number of rotatable bonds is 3. The Morgan fingerprint density at radius 3 is 2.36 bits per heavy atom. The van der Waals surface area contributed by atoms with Gasteiger partial charge in [-0.05, 0) is 24.6 Å². The van der Waals surface area contributed by atoms with Gasteiger partial charge >= 0.3 is 6.18 Å². The standard InChI is InChI=1S/C19H16F3N5O/c1-18(8-14(28)26-10-18)27-17-16-15(23-6-7-24-16)13(9-25-17)11-2-4-12(5-3-11)19(20,21)22/h2-7,9H,8,10H2,1H3,(H,25,27)(H,26,28). The van der Waals surface area contributed by atoms with Gasteiger partial charge in [0.1, 0.15) is 11.0 Å². The van der Waals surface area contributed by atoms with Crippen molar-refractivity contribution in [2.45, 2.75) is 25.1 Å². The summed E-state index contributed by atoms with van der Waals surface area (Å²) < 4.78 is 38.4. The highest BCUT2D eigenvalue weighted by molar-refractivity contribution is 5.96. The van der Waals surface area contributed by atoms with E-state index in [1.807, 2.05) is 6.92 Å². The number of fused-ring (bicyclic) bond motifs is 1. The molecule has 1 aliphatic rings. The van der Waals surface area contributed by atoms with Crippen molar-refractivity contribution in [1.29, 1.82) is 0 Å². The second-order valence-corrected chi connectivity index (χ2v) is 6.99. The molecule has 1 fully saturated rings. The molecular weight excluding hydrogens is 371 g/mol. The summed E-state index contributed by atoms with van der Waals surface area (Å²) in [5.74, 6) is 0.421. The lowest BCUT2D eigenvalue weighted by Gasteiger charge is -2.24. The van der Waals surface area contributed by atoms with Crippen molar-refractivity contribution in [1.82, 2.24) is 20.3 Å². The first-order valence-corrected chi connectivity index (χ1v) is 8.57. The molecule has 3 heterocycles. The molecule has 2 N–H and O–H groups in total. The second kappa shape index (κ2) is 6.43. The van der Waals surface area contributed by atoms with Gasteiger partial charge in [-0.15, -0.1) is 0 Å². The minimum absolute atomic E-state index is 0.0493. The maximum absolute atomic E-state index is 12.8. The molecule has 1 atom stereocenters. The fraction of sp³-hybridized carbons (Fsp3) is 0.263. The van der Waals surface area contributed by atoms with Gasteiger partial charge in [0.2, 0.25) is 5.91 Å². The number of halogens is 3. The molecule has 4 rings (SSSR count). The lowest BCUT2D eigenvalue weighted by Crippen LogP contribution is -2.37. The van der Waals surface area contributed by atoms with Gasteiger partial charge in [0.15, 0.2) is 5.82 Å². The molecule has 0 saturated carbocycles. The molecule has 1 aliphatic heterocycles. The molecule has 9 heteroatoms. The highest BCUT2D eigenvalue weighted by Gasteiger charge is 2.35. The normalized spacial score (nSPS) is 19.6. The van der Waals surface area contributed by atoms with Crippen LogP contribution in [0.3, 0.4) is 0 Å². The number of hydrogen-bond acceptors (Lipinski definition) is 5. The molecule has 1 unspecified atom stereocenters. The highest BCUT2D eigenvalue weighted by Crippen LogP contribution is 2.34. The Labute approximate surface area is 158 Å². The van der Waals surface area contributed by atoms with E-state index in [4.69, 9.17) is 0 Å². The summed E-state index contributed by atoms with van der Waals surface area (Å²) in [7, 11) is 0. The van der Waals surface area contributed by atoms with E-state index in [-0.39, 0.29) is 5.91 Å². The zero-order valence-corrected chi connectivity index (χ0v) is 14.8. The molecule has 0 bridgehead atoms. The third kappa shape index (κ3) is 3.35. The maximum atomic E-state index is 12.8. The van der Waals surface area contributed by atoms with Gasteiger partial charge in [-0.25, -0.2) is 9.97 Å². The van der Waals surface area contributed by atoms with Crippen molar-refractivity contribution >= 4 is 22.8 Å². The molecule has 28 heavy (non-hydrogen) atoms. The van der Waals surface area contributed by atoms with E-state index >= 15 is 0 Å². The number of pyridine rings is 1. The summed E-state index contributed by atoms with van der Waals surface area (Å²) in [6.07, 6.45) is 0.495. The monoisotopic (exact) mass is 387 g/mol. The van der Waals surface area contributed by atoms with Crippen LogP contribution in [0.1, 0.15) is 18.9 Å². The van der Waals surface area contributed by atoms with Crippen LogP contribution in [0.15, 0.2) is 42.9 Å². The van der Waals surface area contributed by atoms with E-state index in [1.54, 1.807) is 6.20 Å². The van der Waals surface area contributed by atoms with Crippen molar-refractivity contribution in [2.75, 3.05) is 11.9 Å². The van der Waals surface area contributed by atoms with Gasteiger partial charge < -0.3 is 10.6 Å². The van der Waals surface area contributed by atoms with Gasteiger partial charge in [-0.2, -0.15) is 13.2 Å². The Morgan fingerprint density at radius 1 is 1.07 bits per heavy atom. The van der Waals surface area contributed by atoms with Crippen LogP contribution in [0, 0.1) is 0 Å². The quantitative estimate of drug-likeness (QED) is 0.720. The van der Waals surface area contributed by atoms with Crippen LogP contribution in [0.2, 0.25) is 0 Å². The summed E-state index contributed by atoms with van der Waals surface area (Å²) in [5.41, 5.74) is 0.907. The zero-order valence-electron chi connectivity index (χ0n) is 14.8. The molecule has 0 spiro atoms. The maximum Gasteiger partial charge on any atom is 0.416 e. The number of aromatic nitrogens is 3. The number of hydrogen-bond donors (Lipinski definition) is 2. The molecule has 1 aromatic carbocycles. The van der Waals surface area contributed by atoms with Crippen molar-refractivity contribution in [3.8, 4) is 11.1 Å². The number of nitrogens with zero attached hydrogens (tertiary/aromatic N) is 3. The average molecular weight is 387 g/mol. The van der Waals surface area contributed by atoms with Crippen LogP contribution in [-0.2, 0) is 11.0 Å². The van der Waals surface area contributed by atoms with E-state index in [1.165, 1.54) is 24.5 Å². The largest absolute Gasteiger partial charge is 0.416 e. The number of amides is 1. The molecule has 144 valence electrons. The average Bonchev–Trinajstić information content (AvgIpc) is 3.00.